The molecule has 0 radical (unpaired) electrons. The zero-order valence-electron chi connectivity index (χ0n) is 18.1. The van der Waals surface area contributed by atoms with Crippen LogP contribution in [0.4, 0.5) is 0 Å². The normalized spacial score (nSPS) is 10.2. The molecular formula is C26H28Cl2P2Zr. The van der Waals surface area contributed by atoms with Gasteiger partial charge in [-0.3, -0.25) is 0 Å². The predicted molar refractivity (Wildman–Crippen MR) is 140 cm³/mol. The summed E-state index contributed by atoms with van der Waals surface area (Å²) in [5.41, 5.74) is 2.72. The Morgan fingerprint density at radius 2 is 1.00 bits per heavy atom. The Hall–Kier alpha value is -0.537. The molecule has 0 bridgehead atoms. The molecule has 0 saturated heterocycles. The summed E-state index contributed by atoms with van der Waals surface area (Å²) in [5.74, 6) is 0. The van der Waals surface area contributed by atoms with Gasteiger partial charge in [-0.25, -0.2) is 0 Å². The van der Waals surface area contributed by atoms with Crippen LogP contribution < -0.4 is 0 Å². The number of rotatable bonds is 6. The molecule has 160 valence electrons. The molecule has 0 saturated carbocycles. The fourth-order valence-corrected chi connectivity index (χ4v) is 5.58. The third-order valence-electron chi connectivity index (χ3n) is 4.55. The molecule has 0 aliphatic rings. The van der Waals surface area contributed by atoms with Gasteiger partial charge in [-0.1, -0.05) is 86.5 Å². The number of hydrogen-bond donors (Lipinski definition) is 0. The summed E-state index contributed by atoms with van der Waals surface area (Å²) in [7, 11) is 12.7. The van der Waals surface area contributed by atoms with Gasteiger partial charge in [-0.15, -0.1) is 70.2 Å². The molecule has 0 unspecified atom stereocenters. The van der Waals surface area contributed by atoms with Crippen molar-refractivity contribution in [2.75, 3.05) is 0 Å². The summed E-state index contributed by atoms with van der Waals surface area (Å²) in [6.07, 6.45) is 4.95. The number of benzene rings is 2. The second kappa shape index (κ2) is 16.1. The van der Waals surface area contributed by atoms with E-state index < -0.39 is 20.8 Å². The van der Waals surface area contributed by atoms with E-state index in [1.165, 1.54) is 63.8 Å². The van der Waals surface area contributed by atoms with E-state index in [0.717, 1.165) is 0 Å². The Labute approximate surface area is 209 Å². The second-order valence-electron chi connectivity index (χ2n) is 6.95. The molecule has 0 nitrogen and oxygen atoms in total. The summed E-state index contributed by atoms with van der Waals surface area (Å²) in [6.45, 7) is 4.47. The van der Waals surface area contributed by atoms with Crippen LogP contribution in [0.2, 0.25) is 0 Å². The third kappa shape index (κ3) is 9.86. The first kappa shape index (κ1) is 26.7. The molecular weight excluding hydrogens is 536 g/mol. The van der Waals surface area contributed by atoms with Gasteiger partial charge in [0.1, 0.15) is 0 Å². The Morgan fingerprint density at radius 3 is 1.32 bits per heavy atom. The molecule has 0 fully saturated rings. The monoisotopic (exact) mass is 562 g/mol. The summed E-state index contributed by atoms with van der Waals surface area (Å²) >= 11 is -0.826. The molecule has 4 rings (SSSR count). The van der Waals surface area contributed by atoms with Crippen LogP contribution in [0.3, 0.4) is 0 Å². The molecule has 2 aromatic heterocycles. The zero-order valence-corrected chi connectivity index (χ0v) is 23.8. The molecule has 0 aliphatic heterocycles. The van der Waals surface area contributed by atoms with Crippen LogP contribution in [-0.4, -0.2) is 0 Å². The van der Waals surface area contributed by atoms with Crippen molar-refractivity contribution >= 4 is 33.4 Å². The van der Waals surface area contributed by atoms with E-state index in [-0.39, 0.29) is 0 Å². The first-order chi connectivity index (χ1) is 15.2. The molecule has 0 aliphatic carbocycles. The van der Waals surface area contributed by atoms with Crippen molar-refractivity contribution < 1.29 is 20.8 Å². The summed E-state index contributed by atoms with van der Waals surface area (Å²) < 4.78 is 0. The molecule has 2 aromatic carbocycles. The van der Waals surface area contributed by atoms with Gasteiger partial charge in [0.2, 0.25) is 0 Å². The van der Waals surface area contributed by atoms with Crippen molar-refractivity contribution in [1.29, 1.82) is 0 Å². The van der Waals surface area contributed by atoms with Gasteiger partial charge in [0.05, 0.1) is 0 Å². The minimum atomic E-state index is -0.826. The van der Waals surface area contributed by atoms with Gasteiger partial charge in [0.15, 0.2) is 0 Å². The van der Waals surface area contributed by atoms with Crippen LogP contribution in [0.25, 0.3) is 21.7 Å². The Kier molecular flexibility index (Phi) is 13.9. The van der Waals surface area contributed by atoms with Crippen LogP contribution >= 0.6 is 33.4 Å². The topological polar surface area (TPSA) is 0 Å². The van der Waals surface area contributed by atoms with Gasteiger partial charge in [-0.2, -0.15) is 16.4 Å². The quantitative estimate of drug-likeness (QED) is 0.204. The van der Waals surface area contributed by atoms with E-state index in [2.05, 4.69) is 98.8 Å². The number of halogens is 2. The van der Waals surface area contributed by atoms with Crippen molar-refractivity contribution in [3.05, 3.63) is 95.5 Å². The molecule has 5 heteroatoms. The standard InChI is InChI=1S/2C13H14P.2ClH.Zr/c2*1-2-6-12-9-10-13(14-12)11-7-4-3-5-8-11;;;/h2*3-5,7-10H,2,6H2,1H3;2*1H;/q2*-1;;;+4/p-2. The SMILES string of the molecule is CCCc1cc[c-](-c2ccccc2)p1.CCCc1cc[c-](-c2ccccc2)p1.[Cl][Zr+2][Cl]. The van der Waals surface area contributed by atoms with Gasteiger partial charge in [0.25, 0.3) is 0 Å². The van der Waals surface area contributed by atoms with E-state index >= 15 is 0 Å². The van der Waals surface area contributed by atoms with Crippen LogP contribution in [0.1, 0.15) is 37.3 Å². The van der Waals surface area contributed by atoms with Crippen LogP contribution in [0.15, 0.2) is 84.9 Å². The molecule has 4 aromatic rings. The number of aryl methyl sites for hydroxylation is 2. The van der Waals surface area contributed by atoms with Crippen LogP contribution in [-0.2, 0) is 33.7 Å². The van der Waals surface area contributed by atoms with Crippen molar-refractivity contribution in [1.82, 2.24) is 0 Å². The second-order valence-corrected chi connectivity index (χ2v) is 13.2. The van der Waals surface area contributed by atoms with Crippen molar-refractivity contribution in [2.45, 2.75) is 39.5 Å². The first-order valence-electron chi connectivity index (χ1n) is 10.5. The van der Waals surface area contributed by atoms with Crippen LogP contribution in [0, 0.1) is 0 Å². The molecule has 0 atom stereocenters. The molecule has 31 heavy (non-hydrogen) atoms. The molecule has 0 spiro atoms. The molecule has 0 N–H and O–H groups in total. The van der Waals surface area contributed by atoms with E-state index in [9.17, 15) is 0 Å². The maximum atomic E-state index is 4.93. The Bertz CT molecular complexity index is 886. The fourth-order valence-electron chi connectivity index (χ4n) is 3.14. The predicted octanol–water partition coefficient (Wildman–Crippen LogP) is 10.6. The van der Waals surface area contributed by atoms with Crippen molar-refractivity contribution in [3.8, 4) is 21.7 Å². The average molecular weight is 565 g/mol. The number of hydrogen-bond acceptors (Lipinski definition) is 0. The van der Waals surface area contributed by atoms with Gasteiger partial charge in [-0.05, 0) is 0 Å². The zero-order chi connectivity index (χ0) is 22.3. The minimum absolute atomic E-state index is 0.826. The average Bonchev–Trinajstić information content (AvgIpc) is 3.47. The van der Waals surface area contributed by atoms with Gasteiger partial charge >= 0.3 is 37.9 Å². The summed E-state index contributed by atoms with van der Waals surface area (Å²) in [4.78, 5) is 0. The van der Waals surface area contributed by atoms with E-state index in [1.807, 2.05) is 0 Å². The van der Waals surface area contributed by atoms with Crippen molar-refractivity contribution in [2.24, 2.45) is 0 Å². The maximum absolute atomic E-state index is 4.93. The Balaban J connectivity index is 0.000000196. The van der Waals surface area contributed by atoms with E-state index in [4.69, 9.17) is 17.0 Å². The van der Waals surface area contributed by atoms with E-state index in [1.54, 1.807) is 10.6 Å². The van der Waals surface area contributed by atoms with E-state index in [0.29, 0.717) is 0 Å². The Morgan fingerprint density at radius 1 is 0.645 bits per heavy atom. The fraction of sp³-hybridized carbons (Fsp3) is 0.231. The molecule has 0 amide bonds. The van der Waals surface area contributed by atoms with Gasteiger partial charge < -0.3 is 0 Å². The molecule has 2 heterocycles. The van der Waals surface area contributed by atoms with Crippen molar-refractivity contribution in [3.63, 3.8) is 0 Å². The summed E-state index contributed by atoms with van der Waals surface area (Å²) in [5, 5.41) is 5.97. The van der Waals surface area contributed by atoms with Gasteiger partial charge in [0, 0.05) is 0 Å². The van der Waals surface area contributed by atoms with Crippen LogP contribution in [0.5, 0.6) is 0 Å². The summed E-state index contributed by atoms with van der Waals surface area (Å²) in [6, 6.07) is 30.3. The first-order valence-corrected chi connectivity index (χ1v) is 18.7. The third-order valence-corrected chi connectivity index (χ3v) is 7.16.